The molecule has 1 aliphatic heterocycles. The largest absolute Gasteiger partial charge is 0.444 e. The van der Waals surface area contributed by atoms with Gasteiger partial charge in [0.15, 0.2) is 5.96 Å². The molecule has 1 heterocycles. The number of ether oxygens (including phenoxy) is 1. The SMILES string of the molecule is CCN(CC1CCN(C(=NC)NCC(C)SC)CC1)C(=O)OC(C)(C)C. The summed E-state index contributed by atoms with van der Waals surface area (Å²) in [6.07, 6.45) is 4.06. The van der Waals surface area contributed by atoms with E-state index in [-0.39, 0.29) is 6.09 Å². The van der Waals surface area contributed by atoms with E-state index in [2.05, 4.69) is 28.4 Å². The van der Waals surface area contributed by atoms with Crippen molar-refractivity contribution in [2.75, 3.05) is 46.0 Å². The first-order chi connectivity index (χ1) is 12.2. The Bertz CT molecular complexity index is 457. The first-order valence-electron chi connectivity index (χ1n) is 9.66. The number of piperidine rings is 1. The molecule has 1 atom stereocenters. The predicted octanol–water partition coefficient (Wildman–Crippen LogP) is 3.28. The minimum absolute atomic E-state index is 0.203. The molecule has 7 heteroatoms. The van der Waals surface area contributed by atoms with Crippen molar-refractivity contribution in [3.05, 3.63) is 0 Å². The van der Waals surface area contributed by atoms with Gasteiger partial charge in [0.05, 0.1) is 0 Å². The number of carbonyl (C=O) groups excluding carboxylic acids is 1. The molecule has 0 spiro atoms. The Hall–Kier alpha value is -1.11. The van der Waals surface area contributed by atoms with Gasteiger partial charge in [-0.3, -0.25) is 4.99 Å². The summed E-state index contributed by atoms with van der Waals surface area (Å²) < 4.78 is 5.52. The molecular weight excluding hydrogens is 348 g/mol. The third kappa shape index (κ3) is 8.06. The van der Waals surface area contributed by atoms with Gasteiger partial charge in [0.2, 0.25) is 0 Å². The number of hydrogen-bond acceptors (Lipinski definition) is 4. The smallest absolute Gasteiger partial charge is 0.410 e. The van der Waals surface area contributed by atoms with Crippen molar-refractivity contribution >= 4 is 23.8 Å². The molecule has 0 radical (unpaired) electrons. The minimum atomic E-state index is -0.445. The number of thioether (sulfide) groups is 1. The zero-order valence-electron chi connectivity index (χ0n) is 17.7. The summed E-state index contributed by atoms with van der Waals surface area (Å²) in [4.78, 5) is 20.9. The van der Waals surface area contributed by atoms with E-state index >= 15 is 0 Å². The maximum Gasteiger partial charge on any atom is 0.410 e. The normalized spacial score (nSPS) is 17.8. The second kappa shape index (κ2) is 10.9. The Labute approximate surface area is 164 Å². The molecule has 1 fully saturated rings. The van der Waals surface area contributed by atoms with Crippen LogP contribution in [-0.2, 0) is 4.74 Å². The molecule has 0 aromatic heterocycles. The Balaban J connectivity index is 2.48. The van der Waals surface area contributed by atoms with Gasteiger partial charge in [-0.2, -0.15) is 11.8 Å². The topological polar surface area (TPSA) is 57.2 Å². The van der Waals surface area contributed by atoms with E-state index in [0.717, 1.165) is 45.0 Å². The summed E-state index contributed by atoms with van der Waals surface area (Å²) in [7, 11) is 1.85. The van der Waals surface area contributed by atoms with Crippen LogP contribution >= 0.6 is 11.8 Å². The van der Waals surface area contributed by atoms with Crippen LogP contribution < -0.4 is 5.32 Å². The average molecular weight is 387 g/mol. The van der Waals surface area contributed by atoms with Crippen LogP contribution in [0.1, 0.15) is 47.5 Å². The highest BCUT2D eigenvalue weighted by molar-refractivity contribution is 7.99. The molecule has 152 valence electrons. The van der Waals surface area contributed by atoms with Crippen LogP contribution in [0, 0.1) is 5.92 Å². The molecule has 1 aliphatic rings. The minimum Gasteiger partial charge on any atom is -0.444 e. The molecule has 0 aromatic carbocycles. The third-order valence-electron chi connectivity index (χ3n) is 4.59. The predicted molar refractivity (Wildman–Crippen MR) is 112 cm³/mol. The zero-order valence-corrected chi connectivity index (χ0v) is 18.5. The van der Waals surface area contributed by atoms with Crippen LogP contribution in [0.5, 0.6) is 0 Å². The Morgan fingerprint density at radius 2 is 2.00 bits per heavy atom. The molecule has 1 rings (SSSR count). The quantitative estimate of drug-likeness (QED) is 0.561. The second-order valence-corrected chi connectivity index (χ2v) is 9.20. The number of rotatable bonds is 6. The summed E-state index contributed by atoms with van der Waals surface area (Å²) in [6.45, 7) is 14.3. The van der Waals surface area contributed by atoms with Gasteiger partial charge in [0.25, 0.3) is 0 Å². The lowest BCUT2D eigenvalue weighted by atomic mass is 9.96. The summed E-state index contributed by atoms with van der Waals surface area (Å²) in [6, 6.07) is 0. The molecule has 1 N–H and O–H groups in total. The monoisotopic (exact) mass is 386 g/mol. The summed E-state index contributed by atoms with van der Waals surface area (Å²) in [5.41, 5.74) is -0.445. The van der Waals surface area contributed by atoms with E-state index in [9.17, 15) is 4.79 Å². The summed E-state index contributed by atoms with van der Waals surface area (Å²) in [5.74, 6) is 1.51. The molecule has 1 amide bonds. The van der Waals surface area contributed by atoms with Gasteiger partial charge in [-0.15, -0.1) is 0 Å². The number of nitrogens with one attached hydrogen (secondary N) is 1. The van der Waals surface area contributed by atoms with E-state index in [1.54, 1.807) is 0 Å². The van der Waals surface area contributed by atoms with Crippen LogP contribution in [0.15, 0.2) is 4.99 Å². The summed E-state index contributed by atoms with van der Waals surface area (Å²) in [5, 5.41) is 4.04. The molecule has 0 aromatic rings. The number of amides is 1. The van der Waals surface area contributed by atoms with Crippen molar-refractivity contribution in [1.29, 1.82) is 0 Å². The maximum atomic E-state index is 12.3. The van der Waals surface area contributed by atoms with E-state index < -0.39 is 5.60 Å². The molecule has 6 nitrogen and oxygen atoms in total. The van der Waals surface area contributed by atoms with E-state index in [1.165, 1.54) is 0 Å². The van der Waals surface area contributed by atoms with Gasteiger partial charge in [0, 0.05) is 45.0 Å². The van der Waals surface area contributed by atoms with Gasteiger partial charge in [0.1, 0.15) is 5.60 Å². The van der Waals surface area contributed by atoms with Gasteiger partial charge >= 0.3 is 6.09 Å². The fourth-order valence-corrected chi connectivity index (χ4v) is 3.20. The molecule has 0 bridgehead atoms. The number of hydrogen-bond donors (Lipinski definition) is 1. The highest BCUT2D eigenvalue weighted by atomic mass is 32.2. The van der Waals surface area contributed by atoms with Gasteiger partial charge in [-0.1, -0.05) is 6.92 Å². The zero-order chi connectivity index (χ0) is 19.7. The highest BCUT2D eigenvalue weighted by Gasteiger charge is 2.27. The number of guanidine groups is 1. The Morgan fingerprint density at radius 3 is 2.46 bits per heavy atom. The molecule has 26 heavy (non-hydrogen) atoms. The van der Waals surface area contributed by atoms with Crippen molar-refractivity contribution in [1.82, 2.24) is 15.1 Å². The lowest BCUT2D eigenvalue weighted by Gasteiger charge is -2.36. The van der Waals surface area contributed by atoms with Crippen molar-refractivity contribution in [2.45, 2.75) is 58.3 Å². The fraction of sp³-hybridized carbons (Fsp3) is 0.895. The summed E-state index contributed by atoms with van der Waals surface area (Å²) >= 11 is 1.85. The van der Waals surface area contributed by atoms with E-state index in [4.69, 9.17) is 4.74 Å². The molecule has 1 saturated heterocycles. The number of carbonyl (C=O) groups is 1. The standard InChI is InChI=1S/C19H38N4O2S/c1-8-22(18(24)25-19(3,4)5)14-16-9-11-23(12-10-16)17(20-6)21-13-15(2)26-7/h15-16H,8-14H2,1-7H3,(H,20,21). The number of aliphatic imine (C=N–C) groups is 1. The number of likely N-dealkylation sites (tertiary alicyclic amines) is 1. The van der Waals surface area contributed by atoms with Crippen molar-refractivity contribution < 1.29 is 9.53 Å². The van der Waals surface area contributed by atoms with Crippen molar-refractivity contribution in [2.24, 2.45) is 10.9 Å². The average Bonchev–Trinajstić information content (AvgIpc) is 2.59. The molecule has 1 unspecified atom stereocenters. The first-order valence-corrected chi connectivity index (χ1v) is 10.9. The fourth-order valence-electron chi connectivity index (χ4n) is 2.95. The van der Waals surface area contributed by atoms with Gasteiger partial charge in [-0.05, 0) is 52.7 Å². The van der Waals surface area contributed by atoms with Gasteiger partial charge in [-0.25, -0.2) is 4.79 Å². The van der Waals surface area contributed by atoms with E-state index in [1.807, 2.05) is 51.4 Å². The highest BCUT2D eigenvalue weighted by Crippen LogP contribution is 2.20. The van der Waals surface area contributed by atoms with Crippen LogP contribution in [0.3, 0.4) is 0 Å². The Kier molecular flexibility index (Phi) is 9.61. The van der Waals surface area contributed by atoms with Crippen molar-refractivity contribution in [3.8, 4) is 0 Å². The van der Waals surface area contributed by atoms with Crippen molar-refractivity contribution in [3.63, 3.8) is 0 Å². The molecule has 0 saturated carbocycles. The Morgan fingerprint density at radius 1 is 1.38 bits per heavy atom. The lowest BCUT2D eigenvalue weighted by molar-refractivity contribution is 0.0214. The lowest BCUT2D eigenvalue weighted by Crippen LogP contribution is -2.48. The maximum absolute atomic E-state index is 12.3. The van der Waals surface area contributed by atoms with E-state index in [0.29, 0.717) is 17.7 Å². The van der Waals surface area contributed by atoms with Crippen LogP contribution in [0.2, 0.25) is 0 Å². The number of nitrogens with zero attached hydrogens (tertiary/aromatic N) is 3. The third-order valence-corrected chi connectivity index (χ3v) is 5.56. The molecule has 0 aliphatic carbocycles. The molecular formula is C19H38N4O2S. The van der Waals surface area contributed by atoms with Crippen LogP contribution in [-0.4, -0.2) is 78.7 Å². The second-order valence-electron chi connectivity index (χ2n) is 7.92. The van der Waals surface area contributed by atoms with Crippen LogP contribution in [0.4, 0.5) is 4.79 Å². The first kappa shape index (κ1) is 22.9. The van der Waals surface area contributed by atoms with Crippen LogP contribution in [0.25, 0.3) is 0 Å². The van der Waals surface area contributed by atoms with Gasteiger partial charge < -0.3 is 19.9 Å².